The molecule has 1 unspecified atom stereocenters. The topological polar surface area (TPSA) is 98.8 Å². The molecule has 8 heteroatoms. The zero-order chi connectivity index (χ0) is 12.8. The molecule has 1 aromatic rings. The van der Waals surface area contributed by atoms with E-state index < -0.39 is 0 Å². The lowest BCUT2D eigenvalue weighted by atomic mass is 10.2. The number of piperazine rings is 1. The van der Waals surface area contributed by atoms with Crippen LogP contribution in [0.15, 0.2) is 0 Å². The van der Waals surface area contributed by atoms with Crippen molar-refractivity contribution in [3.63, 3.8) is 0 Å². The summed E-state index contributed by atoms with van der Waals surface area (Å²) in [5.74, 6) is 0.840. The molecule has 0 saturated carbocycles. The third-order valence-corrected chi connectivity index (χ3v) is 3.08. The van der Waals surface area contributed by atoms with Crippen molar-refractivity contribution in [1.29, 1.82) is 0 Å². The van der Waals surface area contributed by atoms with Crippen molar-refractivity contribution >= 4 is 5.91 Å². The average Bonchev–Trinajstić information content (AvgIpc) is 2.91. The Morgan fingerprint density at radius 1 is 1.61 bits per heavy atom. The van der Waals surface area contributed by atoms with Crippen LogP contribution in [0.2, 0.25) is 0 Å². The third-order valence-electron chi connectivity index (χ3n) is 3.08. The van der Waals surface area contributed by atoms with E-state index in [4.69, 9.17) is 0 Å². The van der Waals surface area contributed by atoms with Gasteiger partial charge >= 0.3 is 0 Å². The molecular formula is C10H19N7O. The van der Waals surface area contributed by atoms with Crippen molar-refractivity contribution in [1.82, 2.24) is 36.2 Å². The van der Waals surface area contributed by atoms with Gasteiger partial charge in [0.15, 0.2) is 5.82 Å². The van der Waals surface area contributed by atoms with Crippen molar-refractivity contribution < 1.29 is 4.79 Å². The molecule has 0 aliphatic carbocycles. The summed E-state index contributed by atoms with van der Waals surface area (Å²) in [6.45, 7) is 2.41. The number of amides is 1. The van der Waals surface area contributed by atoms with Gasteiger partial charge in [0.2, 0.25) is 5.91 Å². The molecule has 0 radical (unpaired) electrons. The van der Waals surface area contributed by atoms with E-state index >= 15 is 0 Å². The lowest BCUT2D eigenvalue weighted by Crippen LogP contribution is -2.58. The molecule has 1 fully saturated rings. The molecule has 1 aliphatic heterocycles. The number of carbonyl (C=O) groups is 1. The van der Waals surface area contributed by atoms with E-state index in [2.05, 4.69) is 31.3 Å². The van der Waals surface area contributed by atoms with Gasteiger partial charge in [-0.2, -0.15) is 5.21 Å². The van der Waals surface area contributed by atoms with Crippen LogP contribution in [-0.4, -0.2) is 64.3 Å². The molecule has 1 aliphatic rings. The van der Waals surface area contributed by atoms with Crippen LogP contribution in [0, 0.1) is 0 Å². The highest BCUT2D eigenvalue weighted by Crippen LogP contribution is 2.06. The van der Waals surface area contributed by atoms with Crippen LogP contribution >= 0.6 is 0 Å². The lowest BCUT2D eigenvalue weighted by Gasteiger charge is -2.36. The Morgan fingerprint density at radius 2 is 2.50 bits per heavy atom. The van der Waals surface area contributed by atoms with Gasteiger partial charge in [-0.1, -0.05) is 5.21 Å². The van der Waals surface area contributed by atoms with Gasteiger partial charge in [-0.05, 0) is 13.5 Å². The van der Waals surface area contributed by atoms with Crippen LogP contribution in [0.25, 0.3) is 0 Å². The normalized spacial score (nSPS) is 20.1. The maximum absolute atomic E-state index is 12.1. The second-order valence-corrected chi connectivity index (χ2v) is 4.28. The molecule has 8 nitrogen and oxygen atoms in total. The smallest absolute Gasteiger partial charge is 0.223 e. The number of aromatic amines is 1. The molecule has 1 aromatic heterocycles. The SMILES string of the molecule is CNC1CNCCN1C(=O)CCCc1nn[nH]n1. The average molecular weight is 253 g/mol. The molecule has 2 rings (SSSR count). The van der Waals surface area contributed by atoms with Gasteiger partial charge in [-0.25, -0.2) is 0 Å². The Kier molecular flexibility index (Phi) is 4.59. The van der Waals surface area contributed by atoms with Crippen LogP contribution in [0.5, 0.6) is 0 Å². The van der Waals surface area contributed by atoms with Gasteiger partial charge in [0.1, 0.15) is 0 Å². The molecular weight excluding hydrogens is 234 g/mol. The fourth-order valence-corrected chi connectivity index (χ4v) is 2.09. The fraction of sp³-hybridized carbons (Fsp3) is 0.800. The molecule has 0 spiro atoms. The minimum atomic E-state index is 0.0939. The molecule has 0 bridgehead atoms. The van der Waals surface area contributed by atoms with Gasteiger partial charge in [0.05, 0.1) is 6.17 Å². The summed E-state index contributed by atoms with van der Waals surface area (Å²) in [5.41, 5.74) is 0. The molecule has 18 heavy (non-hydrogen) atoms. The summed E-state index contributed by atoms with van der Waals surface area (Å²) in [4.78, 5) is 14.0. The van der Waals surface area contributed by atoms with Gasteiger partial charge < -0.3 is 10.2 Å². The minimum Gasteiger partial charge on any atom is -0.325 e. The monoisotopic (exact) mass is 253 g/mol. The Bertz CT molecular complexity index is 366. The summed E-state index contributed by atoms with van der Waals surface area (Å²) < 4.78 is 0. The van der Waals surface area contributed by atoms with Crippen LogP contribution in [-0.2, 0) is 11.2 Å². The zero-order valence-corrected chi connectivity index (χ0v) is 10.5. The molecule has 100 valence electrons. The maximum Gasteiger partial charge on any atom is 0.223 e. The molecule has 1 saturated heterocycles. The number of aromatic nitrogens is 4. The summed E-state index contributed by atoms with van der Waals surface area (Å²) in [6.07, 6.45) is 2.04. The molecule has 1 amide bonds. The highest BCUT2D eigenvalue weighted by atomic mass is 16.2. The number of likely N-dealkylation sites (N-methyl/N-ethyl adjacent to an activating group) is 1. The van der Waals surface area contributed by atoms with Crippen molar-refractivity contribution in [2.75, 3.05) is 26.7 Å². The number of rotatable bonds is 5. The molecule has 3 N–H and O–H groups in total. The minimum absolute atomic E-state index is 0.0939. The first kappa shape index (κ1) is 12.9. The van der Waals surface area contributed by atoms with E-state index in [1.54, 1.807) is 0 Å². The van der Waals surface area contributed by atoms with Gasteiger partial charge in [0.25, 0.3) is 0 Å². The third kappa shape index (κ3) is 3.23. The Hall–Kier alpha value is -1.54. The first-order valence-corrected chi connectivity index (χ1v) is 6.21. The quantitative estimate of drug-likeness (QED) is 0.590. The predicted molar refractivity (Wildman–Crippen MR) is 64.5 cm³/mol. The Balaban J connectivity index is 1.76. The number of nitrogens with zero attached hydrogens (tertiary/aromatic N) is 4. The Labute approximate surface area is 106 Å². The van der Waals surface area contributed by atoms with E-state index in [0.29, 0.717) is 18.7 Å². The first-order chi connectivity index (χ1) is 8.81. The number of carbonyl (C=O) groups excluding carboxylic acids is 1. The Morgan fingerprint density at radius 3 is 3.22 bits per heavy atom. The largest absolute Gasteiger partial charge is 0.325 e. The van der Waals surface area contributed by atoms with Gasteiger partial charge in [-0.3, -0.25) is 10.1 Å². The standard InChI is InChI=1S/C10H19N7O/c1-11-9-7-12-5-6-17(9)10(18)4-2-3-8-13-15-16-14-8/h9,11-12H,2-7H2,1H3,(H,13,14,15,16). The van der Waals surface area contributed by atoms with Gasteiger partial charge in [-0.15, -0.1) is 10.2 Å². The highest BCUT2D eigenvalue weighted by molar-refractivity contribution is 5.76. The molecule has 0 aromatic carbocycles. The van der Waals surface area contributed by atoms with Crippen LogP contribution < -0.4 is 10.6 Å². The van der Waals surface area contributed by atoms with E-state index in [0.717, 1.165) is 26.1 Å². The number of H-pyrrole nitrogens is 1. The lowest BCUT2D eigenvalue weighted by molar-refractivity contribution is -0.135. The summed E-state index contributed by atoms with van der Waals surface area (Å²) >= 11 is 0. The molecule has 2 heterocycles. The van der Waals surface area contributed by atoms with Crippen molar-refractivity contribution in [3.8, 4) is 0 Å². The summed E-state index contributed by atoms with van der Waals surface area (Å²) in [5, 5.41) is 20.0. The van der Waals surface area contributed by atoms with E-state index in [1.165, 1.54) is 0 Å². The van der Waals surface area contributed by atoms with Crippen molar-refractivity contribution in [2.24, 2.45) is 0 Å². The number of hydrogen-bond donors (Lipinski definition) is 3. The van der Waals surface area contributed by atoms with Crippen LogP contribution in [0.4, 0.5) is 0 Å². The predicted octanol–water partition coefficient (Wildman–Crippen LogP) is -1.50. The van der Waals surface area contributed by atoms with Crippen LogP contribution in [0.1, 0.15) is 18.7 Å². The van der Waals surface area contributed by atoms with Crippen molar-refractivity contribution in [3.05, 3.63) is 5.82 Å². The molecule has 1 atom stereocenters. The van der Waals surface area contributed by atoms with E-state index in [-0.39, 0.29) is 12.1 Å². The van der Waals surface area contributed by atoms with Gasteiger partial charge in [0, 0.05) is 32.5 Å². The van der Waals surface area contributed by atoms with E-state index in [1.807, 2.05) is 11.9 Å². The number of hydrogen-bond acceptors (Lipinski definition) is 6. The second-order valence-electron chi connectivity index (χ2n) is 4.28. The van der Waals surface area contributed by atoms with E-state index in [9.17, 15) is 4.79 Å². The summed E-state index contributed by atoms with van der Waals surface area (Å²) in [6, 6.07) is 0. The van der Waals surface area contributed by atoms with Crippen molar-refractivity contribution in [2.45, 2.75) is 25.4 Å². The number of tetrazole rings is 1. The zero-order valence-electron chi connectivity index (χ0n) is 10.5. The fourth-order valence-electron chi connectivity index (χ4n) is 2.09. The highest BCUT2D eigenvalue weighted by Gasteiger charge is 2.24. The summed E-state index contributed by atoms with van der Waals surface area (Å²) in [7, 11) is 1.87. The number of aryl methyl sites for hydroxylation is 1. The van der Waals surface area contributed by atoms with Crippen LogP contribution in [0.3, 0.4) is 0 Å². The first-order valence-electron chi connectivity index (χ1n) is 6.21. The maximum atomic E-state index is 12.1. The number of nitrogens with one attached hydrogen (secondary N) is 3. The second kappa shape index (κ2) is 6.41.